The van der Waals surface area contributed by atoms with Crippen molar-refractivity contribution in [2.24, 2.45) is 0 Å². The Morgan fingerprint density at radius 3 is 2.27 bits per heavy atom. The van der Waals surface area contributed by atoms with Gasteiger partial charge >= 0.3 is 5.97 Å². The summed E-state index contributed by atoms with van der Waals surface area (Å²) >= 11 is 12.6. The number of pyridine rings is 1. The molecule has 1 heterocycles. The van der Waals surface area contributed by atoms with Crippen LogP contribution < -0.4 is 19.8 Å². The number of rotatable bonds is 14. The first-order valence-electron chi connectivity index (χ1n) is 12.7. The molecule has 1 aromatic heterocycles. The molecule has 0 bridgehead atoms. The third-order valence-corrected chi connectivity index (χ3v) is 7.69. The number of carbonyl (C=O) groups excluding carboxylic acids is 2. The first-order valence-corrected chi connectivity index (χ1v) is 15.1. The molecule has 0 aliphatic heterocycles. The van der Waals surface area contributed by atoms with Crippen LogP contribution in [-0.2, 0) is 39.1 Å². The quantitative estimate of drug-likeness (QED) is 0.206. The Hall–Kier alpha value is -3.54. The molecule has 0 aliphatic rings. The predicted octanol–water partition coefficient (Wildman–Crippen LogP) is 4.39. The standard InChI is InChI=1S/C28H30Cl2N2O8S/c1-3-38-25-7-4-5-8-26(25)40-18-24-22(29)17-23(30)28(35)32(24)14-13-20-9-11-21(12-10-20)27(34)31-41(36,37)16-6-15-39-19(2)33/h4-5,7-12,17H,3,6,13-16,18H2,1-2H3,(H,31,34). The van der Waals surface area contributed by atoms with Crippen LogP contribution in [0.25, 0.3) is 0 Å². The minimum Gasteiger partial charge on any atom is -0.490 e. The number of benzene rings is 2. The maximum absolute atomic E-state index is 12.9. The Morgan fingerprint density at radius 2 is 1.63 bits per heavy atom. The third kappa shape index (κ3) is 9.51. The lowest BCUT2D eigenvalue weighted by Crippen LogP contribution is -2.33. The SMILES string of the molecule is CCOc1ccccc1OCc1c(Cl)cc(Cl)c(=O)n1CCc1ccc(C(=O)NS(=O)(=O)CCCOC(C)=O)cc1. The van der Waals surface area contributed by atoms with E-state index < -0.39 is 27.5 Å². The van der Waals surface area contributed by atoms with Crippen LogP contribution in [0, 0.1) is 0 Å². The van der Waals surface area contributed by atoms with Crippen LogP contribution in [0.1, 0.15) is 41.9 Å². The van der Waals surface area contributed by atoms with E-state index in [-0.39, 0.29) is 47.5 Å². The van der Waals surface area contributed by atoms with Crippen LogP contribution in [0.2, 0.25) is 10.0 Å². The second-order valence-electron chi connectivity index (χ2n) is 8.80. The molecule has 0 saturated carbocycles. The lowest BCUT2D eigenvalue weighted by molar-refractivity contribution is -0.140. The van der Waals surface area contributed by atoms with Gasteiger partial charge in [0, 0.05) is 19.0 Å². The average molecular weight is 626 g/mol. The molecule has 0 unspecified atom stereocenters. The number of esters is 1. The molecular formula is C28H30Cl2N2O8S. The van der Waals surface area contributed by atoms with Crippen LogP contribution >= 0.6 is 23.2 Å². The molecule has 0 atom stereocenters. The Morgan fingerprint density at radius 1 is 0.976 bits per heavy atom. The zero-order chi connectivity index (χ0) is 30.0. The second kappa shape index (κ2) is 14.9. The van der Waals surface area contributed by atoms with E-state index in [1.54, 1.807) is 30.3 Å². The highest BCUT2D eigenvalue weighted by molar-refractivity contribution is 7.90. The topological polar surface area (TPSA) is 130 Å². The minimum atomic E-state index is -3.91. The molecule has 0 saturated heterocycles. The molecule has 1 amide bonds. The zero-order valence-electron chi connectivity index (χ0n) is 22.5. The molecule has 13 heteroatoms. The van der Waals surface area contributed by atoms with Crippen LogP contribution in [0.5, 0.6) is 11.5 Å². The van der Waals surface area contributed by atoms with Gasteiger partial charge in [0.25, 0.3) is 11.5 Å². The summed E-state index contributed by atoms with van der Waals surface area (Å²) in [6.07, 6.45) is 0.440. The smallest absolute Gasteiger partial charge is 0.302 e. The second-order valence-corrected chi connectivity index (χ2v) is 11.5. The lowest BCUT2D eigenvalue weighted by Gasteiger charge is -2.17. The van der Waals surface area contributed by atoms with E-state index in [1.165, 1.54) is 29.7 Å². The van der Waals surface area contributed by atoms with Crippen molar-refractivity contribution < 1.29 is 32.2 Å². The fraction of sp³-hybridized carbons (Fsp3) is 0.321. The van der Waals surface area contributed by atoms with Gasteiger partial charge in [-0.1, -0.05) is 47.5 Å². The van der Waals surface area contributed by atoms with Crippen molar-refractivity contribution in [3.05, 3.63) is 91.8 Å². The minimum absolute atomic E-state index is 0.0101. The number of aryl methyl sites for hydroxylation is 1. The molecule has 3 rings (SSSR count). The maximum Gasteiger partial charge on any atom is 0.302 e. The van der Waals surface area contributed by atoms with Crippen molar-refractivity contribution in [2.45, 2.75) is 39.8 Å². The summed E-state index contributed by atoms with van der Waals surface area (Å²) in [5.74, 6) is -0.603. The van der Waals surface area contributed by atoms with Gasteiger partial charge in [0.1, 0.15) is 11.6 Å². The highest BCUT2D eigenvalue weighted by Crippen LogP contribution is 2.28. The average Bonchev–Trinajstić information content (AvgIpc) is 2.92. The van der Waals surface area contributed by atoms with E-state index in [2.05, 4.69) is 0 Å². The van der Waals surface area contributed by atoms with Gasteiger partial charge in [-0.2, -0.15) is 0 Å². The van der Waals surface area contributed by atoms with Gasteiger partial charge in [0.2, 0.25) is 10.0 Å². The fourth-order valence-corrected chi connectivity index (χ4v) is 5.32. The summed E-state index contributed by atoms with van der Waals surface area (Å²) in [6.45, 7) is 3.69. The van der Waals surface area contributed by atoms with Gasteiger partial charge in [0.05, 0.1) is 29.7 Å². The Labute approximate surface area is 248 Å². The highest BCUT2D eigenvalue weighted by Gasteiger charge is 2.17. The number of ether oxygens (including phenoxy) is 3. The summed E-state index contributed by atoms with van der Waals surface area (Å²) in [6, 6.07) is 14.8. The summed E-state index contributed by atoms with van der Waals surface area (Å²) in [4.78, 5) is 36.1. The number of hydrogen-bond donors (Lipinski definition) is 1. The fourth-order valence-electron chi connectivity index (χ4n) is 3.79. The van der Waals surface area contributed by atoms with Gasteiger partial charge in [0.15, 0.2) is 11.5 Å². The number of amides is 1. The van der Waals surface area contributed by atoms with Crippen molar-refractivity contribution >= 4 is 45.1 Å². The van der Waals surface area contributed by atoms with E-state index in [4.69, 9.17) is 37.4 Å². The molecule has 1 N–H and O–H groups in total. The number of hydrogen-bond acceptors (Lipinski definition) is 8. The monoisotopic (exact) mass is 624 g/mol. The molecule has 2 aromatic carbocycles. The predicted molar refractivity (Wildman–Crippen MR) is 155 cm³/mol. The summed E-state index contributed by atoms with van der Waals surface area (Å²) in [5.41, 5.74) is 0.926. The largest absolute Gasteiger partial charge is 0.490 e. The Balaban J connectivity index is 1.67. The normalized spacial score (nSPS) is 11.1. The number of sulfonamides is 1. The highest BCUT2D eigenvalue weighted by atomic mass is 35.5. The summed E-state index contributed by atoms with van der Waals surface area (Å²) < 4.78 is 44.0. The van der Waals surface area contributed by atoms with Crippen molar-refractivity contribution in [1.29, 1.82) is 0 Å². The molecule has 0 radical (unpaired) electrons. The third-order valence-electron chi connectivity index (χ3n) is 5.77. The van der Waals surface area contributed by atoms with E-state index in [0.717, 1.165) is 5.56 Å². The van der Waals surface area contributed by atoms with Gasteiger partial charge < -0.3 is 18.8 Å². The lowest BCUT2D eigenvalue weighted by atomic mass is 10.1. The number of para-hydroxylation sites is 2. The summed E-state index contributed by atoms with van der Waals surface area (Å²) in [7, 11) is -3.91. The van der Waals surface area contributed by atoms with Crippen LogP contribution in [0.4, 0.5) is 0 Å². The van der Waals surface area contributed by atoms with Crippen LogP contribution in [0.15, 0.2) is 59.4 Å². The van der Waals surface area contributed by atoms with E-state index in [0.29, 0.717) is 30.2 Å². The molecule has 0 aliphatic carbocycles. The number of nitrogens with one attached hydrogen (secondary N) is 1. The Kier molecular flexibility index (Phi) is 11.6. The number of carbonyl (C=O) groups is 2. The number of halogens is 2. The maximum atomic E-state index is 12.9. The zero-order valence-corrected chi connectivity index (χ0v) is 24.9. The number of aromatic nitrogens is 1. The first-order chi connectivity index (χ1) is 19.5. The van der Waals surface area contributed by atoms with Crippen LogP contribution in [0.3, 0.4) is 0 Å². The van der Waals surface area contributed by atoms with Crippen molar-refractivity contribution in [3.63, 3.8) is 0 Å². The van der Waals surface area contributed by atoms with E-state index >= 15 is 0 Å². The molecule has 41 heavy (non-hydrogen) atoms. The van der Waals surface area contributed by atoms with Gasteiger partial charge in [-0.3, -0.25) is 14.4 Å². The Bertz CT molecular complexity index is 1540. The van der Waals surface area contributed by atoms with Crippen molar-refractivity contribution in [2.75, 3.05) is 19.0 Å². The molecule has 10 nitrogen and oxygen atoms in total. The van der Waals surface area contributed by atoms with Crippen LogP contribution in [-0.4, -0.2) is 43.8 Å². The van der Waals surface area contributed by atoms with Gasteiger partial charge in [-0.15, -0.1) is 0 Å². The molecule has 0 spiro atoms. The van der Waals surface area contributed by atoms with Crippen molar-refractivity contribution in [3.8, 4) is 11.5 Å². The summed E-state index contributed by atoms with van der Waals surface area (Å²) in [5, 5.41) is 0.235. The van der Waals surface area contributed by atoms with Gasteiger partial charge in [-0.25, -0.2) is 13.1 Å². The van der Waals surface area contributed by atoms with E-state index in [9.17, 15) is 22.8 Å². The van der Waals surface area contributed by atoms with Gasteiger partial charge in [-0.05, 0) is 55.7 Å². The molecule has 220 valence electrons. The number of nitrogens with zero attached hydrogens (tertiary/aromatic N) is 1. The van der Waals surface area contributed by atoms with Crippen molar-refractivity contribution in [1.82, 2.24) is 9.29 Å². The molecule has 0 fully saturated rings. The van der Waals surface area contributed by atoms with E-state index in [1.807, 2.05) is 17.7 Å². The molecular weight excluding hydrogens is 595 g/mol. The first kappa shape index (κ1) is 32.0. The molecule has 3 aromatic rings.